The van der Waals surface area contributed by atoms with Crippen LogP contribution in [-0.4, -0.2) is 12.5 Å². The van der Waals surface area contributed by atoms with Gasteiger partial charge in [-0.05, 0) is 47.9 Å². The molecule has 2 rings (SSSR count). The fourth-order valence-electron chi connectivity index (χ4n) is 2.21. The molecule has 0 aromatic heterocycles. The summed E-state index contributed by atoms with van der Waals surface area (Å²) in [6.07, 6.45) is -3.62. The Morgan fingerprint density at radius 3 is 2.36 bits per heavy atom. The molecule has 2 aromatic rings. The van der Waals surface area contributed by atoms with Crippen LogP contribution < -0.4 is 15.8 Å². The molecule has 2 aromatic carbocycles. The van der Waals surface area contributed by atoms with E-state index in [4.69, 9.17) is 10.5 Å². The smallest absolute Gasteiger partial charge is 0.416 e. The molecule has 0 heterocycles. The summed E-state index contributed by atoms with van der Waals surface area (Å²) in [5.41, 5.74) is 6.00. The Labute approximate surface area is 143 Å². The van der Waals surface area contributed by atoms with Crippen LogP contribution in [-0.2, 0) is 23.9 Å². The van der Waals surface area contributed by atoms with Crippen LogP contribution in [0.25, 0.3) is 0 Å². The minimum absolute atomic E-state index is 0.0326. The van der Waals surface area contributed by atoms with E-state index in [0.29, 0.717) is 5.75 Å². The van der Waals surface area contributed by atoms with Gasteiger partial charge in [-0.1, -0.05) is 19.1 Å². The number of hydrogen-bond donors (Lipinski definition) is 2. The third-order valence-electron chi connectivity index (χ3n) is 3.54. The first kappa shape index (κ1) is 18.8. The molecule has 1 amide bonds. The van der Waals surface area contributed by atoms with E-state index in [2.05, 4.69) is 5.32 Å². The van der Waals surface area contributed by atoms with E-state index in [1.807, 2.05) is 19.1 Å². The molecule has 7 heteroatoms. The third-order valence-corrected chi connectivity index (χ3v) is 3.54. The molecule has 0 aliphatic rings. The number of hydrogen-bond acceptors (Lipinski definition) is 3. The largest absolute Gasteiger partial charge is 0.484 e. The molecular formula is C18H19F3N2O2. The van der Waals surface area contributed by atoms with Gasteiger partial charge in [0.25, 0.3) is 5.91 Å². The van der Waals surface area contributed by atoms with Crippen LogP contribution in [0.4, 0.5) is 18.9 Å². The van der Waals surface area contributed by atoms with Crippen LogP contribution in [0.2, 0.25) is 0 Å². The fraction of sp³-hybridized carbons (Fsp3) is 0.278. The summed E-state index contributed by atoms with van der Waals surface area (Å²) in [6.45, 7) is 1.65. The van der Waals surface area contributed by atoms with E-state index in [1.165, 1.54) is 6.07 Å². The zero-order valence-electron chi connectivity index (χ0n) is 13.7. The van der Waals surface area contributed by atoms with Crippen molar-refractivity contribution >= 4 is 11.6 Å². The van der Waals surface area contributed by atoms with Gasteiger partial charge in [0.15, 0.2) is 6.61 Å². The number of aryl methyl sites for hydroxylation is 1. The number of carbonyl (C=O) groups is 1. The highest BCUT2D eigenvalue weighted by molar-refractivity contribution is 5.92. The Kier molecular flexibility index (Phi) is 6.03. The highest BCUT2D eigenvalue weighted by Crippen LogP contribution is 2.32. The molecule has 0 spiro atoms. The van der Waals surface area contributed by atoms with Crippen LogP contribution in [0.5, 0.6) is 5.75 Å². The molecular weight excluding hydrogens is 333 g/mol. The van der Waals surface area contributed by atoms with Crippen LogP contribution in [0, 0.1) is 0 Å². The number of anilines is 1. The average molecular weight is 352 g/mol. The second-order valence-electron chi connectivity index (χ2n) is 5.45. The van der Waals surface area contributed by atoms with Crippen molar-refractivity contribution in [1.29, 1.82) is 0 Å². The van der Waals surface area contributed by atoms with Crippen LogP contribution in [0.3, 0.4) is 0 Å². The van der Waals surface area contributed by atoms with Gasteiger partial charge in [-0.2, -0.15) is 13.2 Å². The van der Waals surface area contributed by atoms with Gasteiger partial charge in [-0.3, -0.25) is 4.79 Å². The van der Waals surface area contributed by atoms with Crippen molar-refractivity contribution in [1.82, 2.24) is 0 Å². The number of nitrogens with one attached hydrogen (secondary N) is 1. The number of benzene rings is 2. The van der Waals surface area contributed by atoms with Crippen molar-refractivity contribution in [2.75, 3.05) is 11.9 Å². The maximum atomic E-state index is 12.9. The lowest BCUT2D eigenvalue weighted by Crippen LogP contribution is -2.21. The van der Waals surface area contributed by atoms with Crippen molar-refractivity contribution < 1.29 is 22.7 Å². The average Bonchev–Trinajstić information content (AvgIpc) is 2.59. The summed E-state index contributed by atoms with van der Waals surface area (Å²) >= 11 is 0. The molecule has 0 fully saturated rings. The summed E-state index contributed by atoms with van der Waals surface area (Å²) in [7, 11) is 0. The van der Waals surface area contributed by atoms with E-state index in [1.54, 1.807) is 12.1 Å². The van der Waals surface area contributed by atoms with Gasteiger partial charge in [0.2, 0.25) is 0 Å². The topological polar surface area (TPSA) is 64.3 Å². The van der Waals surface area contributed by atoms with Crippen molar-refractivity contribution in [2.45, 2.75) is 26.1 Å². The van der Waals surface area contributed by atoms with Crippen molar-refractivity contribution in [3.63, 3.8) is 0 Å². The number of rotatable bonds is 6. The molecule has 0 bridgehead atoms. The van der Waals surface area contributed by atoms with Crippen LogP contribution >= 0.6 is 0 Å². The summed E-state index contributed by atoms with van der Waals surface area (Å²) in [4.78, 5) is 11.9. The first-order chi connectivity index (χ1) is 11.8. The Hall–Kier alpha value is -2.54. The Balaban J connectivity index is 2.01. The maximum absolute atomic E-state index is 12.9. The second-order valence-corrected chi connectivity index (χ2v) is 5.45. The molecule has 0 saturated carbocycles. The van der Waals surface area contributed by atoms with Gasteiger partial charge in [0.05, 0.1) is 5.56 Å². The fourth-order valence-corrected chi connectivity index (χ4v) is 2.21. The van der Waals surface area contributed by atoms with E-state index >= 15 is 0 Å². The normalized spacial score (nSPS) is 11.2. The van der Waals surface area contributed by atoms with Crippen molar-refractivity contribution in [3.05, 3.63) is 59.2 Å². The molecule has 0 aliphatic carbocycles. The minimum atomic E-state index is -4.51. The maximum Gasteiger partial charge on any atom is 0.416 e. The number of carbonyl (C=O) groups excluding carboxylic acids is 1. The van der Waals surface area contributed by atoms with Gasteiger partial charge in [0.1, 0.15) is 5.75 Å². The van der Waals surface area contributed by atoms with E-state index in [-0.39, 0.29) is 24.4 Å². The Morgan fingerprint density at radius 1 is 1.12 bits per heavy atom. The monoisotopic (exact) mass is 352 g/mol. The highest BCUT2D eigenvalue weighted by atomic mass is 19.4. The van der Waals surface area contributed by atoms with Crippen LogP contribution in [0.1, 0.15) is 23.6 Å². The first-order valence-corrected chi connectivity index (χ1v) is 7.74. The molecule has 3 N–H and O–H groups in total. The second kappa shape index (κ2) is 8.02. The van der Waals surface area contributed by atoms with Gasteiger partial charge in [-0.15, -0.1) is 0 Å². The van der Waals surface area contributed by atoms with Crippen LogP contribution in [0.15, 0.2) is 42.5 Å². The molecule has 0 atom stereocenters. The summed E-state index contributed by atoms with van der Waals surface area (Å²) < 4.78 is 44.0. The summed E-state index contributed by atoms with van der Waals surface area (Å²) in [5, 5.41) is 2.40. The molecule has 0 unspecified atom stereocenters. The SMILES string of the molecule is CCc1ccc(OCC(=O)Nc2cc(CN)cc(C(F)(F)F)c2)cc1. The lowest BCUT2D eigenvalue weighted by Gasteiger charge is -2.13. The Bertz CT molecular complexity index is 728. The van der Waals surface area contributed by atoms with Gasteiger partial charge < -0.3 is 15.8 Å². The standard InChI is InChI=1S/C18H19F3N2O2/c1-2-12-3-5-16(6-4-12)25-11-17(24)23-15-8-13(10-22)7-14(9-15)18(19,20)21/h3-9H,2,10-11,22H2,1H3,(H,23,24). The van der Waals surface area contributed by atoms with E-state index < -0.39 is 17.6 Å². The van der Waals surface area contributed by atoms with Gasteiger partial charge in [-0.25, -0.2) is 0 Å². The lowest BCUT2D eigenvalue weighted by molar-refractivity contribution is -0.137. The van der Waals surface area contributed by atoms with Gasteiger partial charge in [0, 0.05) is 12.2 Å². The number of halogens is 3. The molecule has 25 heavy (non-hydrogen) atoms. The molecule has 4 nitrogen and oxygen atoms in total. The molecule has 0 saturated heterocycles. The zero-order chi connectivity index (χ0) is 18.4. The number of amides is 1. The van der Waals surface area contributed by atoms with Crippen molar-refractivity contribution in [3.8, 4) is 5.75 Å². The van der Waals surface area contributed by atoms with E-state index in [0.717, 1.165) is 24.1 Å². The highest BCUT2D eigenvalue weighted by Gasteiger charge is 2.31. The summed E-state index contributed by atoms with van der Waals surface area (Å²) in [5.74, 6) is -0.0408. The third kappa shape index (κ3) is 5.49. The quantitative estimate of drug-likeness (QED) is 0.832. The first-order valence-electron chi connectivity index (χ1n) is 7.74. The molecule has 0 aliphatic heterocycles. The predicted octanol–water partition coefficient (Wildman–Crippen LogP) is 3.74. The zero-order valence-corrected chi connectivity index (χ0v) is 13.7. The van der Waals surface area contributed by atoms with E-state index in [9.17, 15) is 18.0 Å². The predicted molar refractivity (Wildman–Crippen MR) is 89.3 cm³/mol. The lowest BCUT2D eigenvalue weighted by atomic mass is 10.1. The minimum Gasteiger partial charge on any atom is -0.484 e. The number of alkyl halides is 3. The van der Waals surface area contributed by atoms with Gasteiger partial charge >= 0.3 is 6.18 Å². The molecule has 134 valence electrons. The van der Waals surface area contributed by atoms with Crippen molar-refractivity contribution in [2.24, 2.45) is 5.73 Å². The Morgan fingerprint density at radius 2 is 1.80 bits per heavy atom. The summed E-state index contributed by atoms with van der Waals surface area (Å²) in [6, 6.07) is 10.5. The molecule has 0 radical (unpaired) electrons. The number of nitrogens with two attached hydrogens (primary N) is 1. The number of ether oxygens (including phenoxy) is 1.